The molecule has 0 saturated carbocycles. The molecule has 0 atom stereocenters. The van der Waals surface area contributed by atoms with E-state index in [1.807, 2.05) is 6.07 Å². The second-order valence-electron chi connectivity index (χ2n) is 5.83. The van der Waals surface area contributed by atoms with Crippen LogP contribution in [0.25, 0.3) is 0 Å². The lowest BCUT2D eigenvalue weighted by Crippen LogP contribution is -2.21. The quantitative estimate of drug-likeness (QED) is 0.534. The van der Waals surface area contributed by atoms with Crippen molar-refractivity contribution in [3.63, 3.8) is 0 Å². The van der Waals surface area contributed by atoms with Crippen LogP contribution < -0.4 is 16.0 Å². The number of carbonyl (C=O) groups excluding carboxylic acids is 2. The van der Waals surface area contributed by atoms with Crippen molar-refractivity contribution in [2.45, 2.75) is 0 Å². The maximum Gasteiger partial charge on any atom is 0.335 e. The molecule has 28 heavy (non-hydrogen) atoms. The van der Waals surface area contributed by atoms with Crippen LogP contribution in [0, 0.1) is 0 Å². The Morgan fingerprint density at radius 2 is 1.14 bits per heavy atom. The molecule has 0 aliphatic heterocycles. The van der Waals surface area contributed by atoms with Crippen LogP contribution in [0.15, 0.2) is 78.9 Å². The molecule has 3 rings (SSSR count). The molecule has 7 nitrogen and oxygen atoms in total. The highest BCUT2D eigenvalue weighted by atomic mass is 16.4. The number of rotatable bonds is 5. The number of carboxylic acids is 1. The third kappa shape index (κ3) is 4.73. The lowest BCUT2D eigenvalue weighted by Gasteiger charge is -2.13. The van der Waals surface area contributed by atoms with Gasteiger partial charge in [-0.1, -0.05) is 30.3 Å². The number of anilines is 3. The summed E-state index contributed by atoms with van der Waals surface area (Å²) in [5.41, 5.74) is 1.87. The molecule has 3 amide bonds. The highest BCUT2D eigenvalue weighted by Gasteiger charge is 2.12. The Kier molecular flexibility index (Phi) is 5.66. The van der Waals surface area contributed by atoms with Gasteiger partial charge in [-0.15, -0.1) is 0 Å². The summed E-state index contributed by atoms with van der Waals surface area (Å²) in [5.74, 6) is -1.49. The topological polar surface area (TPSA) is 108 Å². The molecule has 0 unspecified atom stereocenters. The number of nitrogens with one attached hydrogen (secondary N) is 3. The Hall–Kier alpha value is -4.13. The average Bonchev–Trinajstić information content (AvgIpc) is 2.70. The van der Waals surface area contributed by atoms with Gasteiger partial charge < -0.3 is 21.1 Å². The van der Waals surface area contributed by atoms with Crippen LogP contribution in [-0.2, 0) is 0 Å². The van der Waals surface area contributed by atoms with Gasteiger partial charge in [-0.05, 0) is 48.5 Å². The van der Waals surface area contributed by atoms with E-state index in [1.54, 1.807) is 48.5 Å². The molecular formula is C21H17N3O4. The second kappa shape index (κ2) is 8.50. The minimum Gasteiger partial charge on any atom is -0.478 e. The summed E-state index contributed by atoms with van der Waals surface area (Å²) in [6.45, 7) is 0. The average molecular weight is 375 g/mol. The van der Waals surface area contributed by atoms with Gasteiger partial charge in [0.2, 0.25) is 0 Å². The molecular weight excluding hydrogens is 358 g/mol. The number of para-hydroxylation sites is 3. The number of hydrogen-bond acceptors (Lipinski definition) is 3. The largest absolute Gasteiger partial charge is 0.478 e. The minimum atomic E-state index is -1.06. The van der Waals surface area contributed by atoms with E-state index < -0.39 is 17.9 Å². The van der Waals surface area contributed by atoms with Gasteiger partial charge in [-0.2, -0.15) is 0 Å². The Morgan fingerprint density at radius 1 is 0.607 bits per heavy atom. The zero-order valence-corrected chi connectivity index (χ0v) is 14.7. The van der Waals surface area contributed by atoms with Gasteiger partial charge >= 0.3 is 12.0 Å². The summed E-state index contributed by atoms with van der Waals surface area (Å²) in [5, 5.41) is 17.0. The van der Waals surface area contributed by atoms with E-state index in [9.17, 15) is 14.4 Å². The van der Waals surface area contributed by atoms with Crippen LogP contribution in [0.2, 0.25) is 0 Å². The van der Waals surface area contributed by atoms with Gasteiger partial charge in [0, 0.05) is 11.3 Å². The van der Waals surface area contributed by atoms with Gasteiger partial charge in [-0.3, -0.25) is 4.79 Å². The van der Waals surface area contributed by atoms with Crippen LogP contribution >= 0.6 is 0 Å². The normalized spacial score (nSPS) is 10.0. The monoisotopic (exact) mass is 375 g/mol. The van der Waals surface area contributed by atoms with Crippen LogP contribution in [0.1, 0.15) is 20.7 Å². The summed E-state index contributed by atoms with van der Waals surface area (Å²) < 4.78 is 0. The molecule has 4 N–H and O–H groups in total. The Bertz CT molecular complexity index is 1000. The van der Waals surface area contributed by atoms with Crippen molar-refractivity contribution in [3.8, 4) is 0 Å². The van der Waals surface area contributed by atoms with Gasteiger partial charge in [0.05, 0.1) is 16.9 Å². The highest BCUT2D eigenvalue weighted by molar-refractivity contribution is 6.08. The zero-order valence-electron chi connectivity index (χ0n) is 14.7. The molecule has 0 bridgehead atoms. The fourth-order valence-electron chi connectivity index (χ4n) is 2.47. The van der Waals surface area contributed by atoms with Crippen molar-refractivity contribution in [1.29, 1.82) is 0 Å². The Balaban J connectivity index is 1.70. The molecule has 3 aromatic carbocycles. The SMILES string of the molecule is O=C(Nc1ccccc1)Nc1ccccc1NC(=O)c1ccc(C(=O)O)cc1. The number of hydrogen-bond donors (Lipinski definition) is 4. The third-order valence-electron chi connectivity index (χ3n) is 3.85. The first-order valence-corrected chi connectivity index (χ1v) is 8.40. The molecule has 0 aliphatic rings. The summed E-state index contributed by atoms with van der Waals surface area (Å²) in [6.07, 6.45) is 0. The molecule has 0 saturated heterocycles. The van der Waals surface area contributed by atoms with E-state index in [0.29, 0.717) is 22.6 Å². The van der Waals surface area contributed by atoms with Gasteiger partial charge in [-0.25, -0.2) is 9.59 Å². The number of aromatic carboxylic acids is 1. The summed E-state index contributed by atoms with van der Waals surface area (Å²) >= 11 is 0. The van der Waals surface area contributed by atoms with E-state index in [4.69, 9.17) is 5.11 Å². The number of benzene rings is 3. The number of carbonyl (C=O) groups is 3. The number of amides is 3. The second-order valence-corrected chi connectivity index (χ2v) is 5.83. The molecule has 0 spiro atoms. The Morgan fingerprint density at radius 3 is 1.75 bits per heavy atom. The molecule has 0 aliphatic carbocycles. The van der Waals surface area contributed by atoms with Crippen LogP contribution in [0.4, 0.5) is 21.9 Å². The standard InChI is InChI=1S/C21H17N3O4/c25-19(14-10-12-15(13-11-14)20(26)27)23-17-8-4-5-9-18(17)24-21(28)22-16-6-2-1-3-7-16/h1-13H,(H,23,25)(H,26,27)(H2,22,24,28). The Labute approximate surface area is 161 Å². The lowest BCUT2D eigenvalue weighted by atomic mass is 10.1. The predicted octanol–water partition coefficient (Wildman–Crippen LogP) is 4.28. The van der Waals surface area contributed by atoms with E-state index in [1.165, 1.54) is 24.3 Å². The maximum atomic E-state index is 12.4. The molecule has 0 aromatic heterocycles. The first-order chi connectivity index (χ1) is 13.5. The van der Waals surface area contributed by atoms with Crippen LogP contribution in [-0.4, -0.2) is 23.0 Å². The molecule has 0 heterocycles. The van der Waals surface area contributed by atoms with Crippen molar-refractivity contribution in [1.82, 2.24) is 0 Å². The van der Waals surface area contributed by atoms with Crippen molar-refractivity contribution in [2.75, 3.05) is 16.0 Å². The predicted molar refractivity (Wildman–Crippen MR) is 107 cm³/mol. The molecule has 3 aromatic rings. The van der Waals surface area contributed by atoms with Crippen molar-refractivity contribution >= 4 is 35.0 Å². The van der Waals surface area contributed by atoms with Gasteiger partial charge in [0.1, 0.15) is 0 Å². The van der Waals surface area contributed by atoms with Gasteiger partial charge in [0.25, 0.3) is 5.91 Å². The first kappa shape index (κ1) is 18.7. The van der Waals surface area contributed by atoms with E-state index in [2.05, 4.69) is 16.0 Å². The van der Waals surface area contributed by atoms with Crippen molar-refractivity contribution in [2.24, 2.45) is 0 Å². The van der Waals surface area contributed by atoms with E-state index in [-0.39, 0.29) is 5.56 Å². The van der Waals surface area contributed by atoms with Gasteiger partial charge in [0.15, 0.2) is 0 Å². The van der Waals surface area contributed by atoms with E-state index >= 15 is 0 Å². The highest BCUT2D eigenvalue weighted by Crippen LogP contribution is 2.22. The molecule has 0 radical (unpaired) electrons. The van der Waals surface area contributed by atoms with Crippen molar-refractivity contribution < 1.29 is 19.5 Å². The molecule has 0 fully saturated rings. The fraction of sp³-hybridized carbons (Fsp3) is 0. The molecule has 140 valence electrons. The van der Waals surface area contributed by atoms with Crippen molar-refractivity contribution in [3.05, 3.63) is 90.0 Å². The first-order valence-electron chi connectivity index (χ1n) is 8.40. The van der Waals surface area contributed by atoms with E-state index in [0.717, 1.165) is 0 Å². The fourth-order valence-corrected chi connectivity index (χ4v) is 2.47. The summed E-state index contributed by atoms with van der Waals surface area (Å²) in [7, 11) is 0. The lowest BCUT2D eigenvalue weighted by molar-refractivity contribution is 0.0696. The maximum absolute atomic E-state index is 12.4. The third-order valence-corrected chi connectivity index (χ3v) is 3.85. The minimum absolute atomic E-state index is 0.0937. The number of urea groups is 1. The zero-order chi connectivity index (χ0) is 19.9. The summed E-state index contributed by atoms with van der Waals surface area (Å²) in [6, 6.07) is 20.9. The number of carboxylic acid groups (broad SMARTS) is 1. The van der Waals surface area contributed by atoms with Crippen LogP contribution in [0.3, 0.4) is 0 Å². The summed E-state index contributed by atoms with van der Waals surface area (Å²) in [4.78, 5) is 35.5. The smallest absolute Gasteiger partial charge is 0.335 e. The molecule has 7 heteroatoms. The van der Waals surface area contributed by atoms with Crippen LogP contribution in [0.5, 0.6) is 0 Å².